The molecule has 118 valence electrons. The van der Waals surface area contributed by atoms with Crippen LogP contribution in [0, 0.1) is 16.0 Å². The molecule has 6 heteroatoms. The second-order valence-electron chi connectivity index (χ2n) is 6.50. The van der Waals surface area contributed by atoms with Gasteiger partial charge in [-0.3, -0.25) is 14.9 Å². The first kappa shape index (κ1) is 14.8. The van der Waals surface area contributed by atoms with Gasteiger partial charge < -0.3 is 10.6 Å². The van der Waals surface area contributed by atoms with E-state index in [4.69, 9.17) is 0 Å². The van der Waals surface area contributed by atoms with Crippen LogP contribution in [-0.2, 0) is 0 Å². The molecule has 1 aromatic rings. The monoisotopic (exact) mass is 303 g/mol. The molecule has 0 aromatic heterocycles. The molecule has 0 aliphatic heterocycles. The lowest BCUT2D eigenvalue weighted by Gasteiger charge is -2.14. The smallest absolute Gasteiger partial charge is 0.293 e. The van der Waals surface area contributed by atoms with Crippen LogP contribution in [0.4, 0.5) is 11.4 Å². The fourth-order valence-corrected chi connectivity index (χ4v) is 3.00. The molecule has 2 aliphatic rings. The highest BCUT2D eigenvalue weighted by molar-refractivity contribution is 5.96. The first-order chi connectivity index (χ1) is 10.5. The number of hydrogen-bond acceptors (Lipinski definition) is 4. The summed E-state index contributed by atoms with van der Waals surface area (Å²) in [6, 6.07) is 5.21. The minimum atomic E-state index is -0.422. The highest BCUT2D eigenvalue weighted by atomic mass is 16.6. The van der Waals surface area contributed by atoms with E-state index in [9.17, 15) is 14.9 Å². The van der Waals surface area contributed by atoms with Crippen LogP contribution in [0.25, 0.3) is 0 Å². The zero-order chi connectivity index (χ0) is 15.7. The number of carbonyl (C=O) groups excluding carboxylic acids is 1. The Morgan fingerprint density at radius 2 is 1.95 bits per heavy atom. The number of nitro benzene ring substituents is 1. The molecule has 0 radical (unpaired) electrons. The average Bonchev–Trinajstić information content (AvgIpc) is 3.20. The fourth-order valence-electron chi connectivity index (χ4n) is 3.00. The Balaban J connectivity index is 1.77. The molecule has 6 nitrogen and oxygen atoms in total. The van der Waals surface area contributed by atoms with Crippen LogP contribution >= 0.6 is 0 Å². The summed E-state index contributed by atoms with van der Waals surface area (Å²) in [4.78, 5) is 22.9. The molecule has 2 saturated carbocycles. The molecule has 2 fully saturated rings. The molecular formula is C16H21N3O3. The third-order valence-corrected chi connectivity index (χ3v) is 4.42. The first-order valence-electron chi connectivity index (χ1n) is 7.89. The van der Waals surface area contributed by atoms with Crippen LogP contribution in [0.2, 0.25) is 0 Å². The molecule has 3 rings (SSSR count). The Labute approximate surface area is 129 Å². The van der Waals surface area contributed by atoms with Crippen molar-refractivity contribution in [2.24, 2.45) is 5.92 Å². The van der Waals surface area contributed by atoms with Gasteiger partial charge >= 0.3 is 0 Å². The number of nitrogens with zero attached hydrogens (tertiary/aromatic N) is 1. The highest BCUT2D eigenvalue weighted by Crippen LogP contribution is 2.32. The number of nitrogens with one attached hydrogen (secondary N) is 2. The van der Waals surface area contributed by atoms with Gasteiger partial charge in [0.05, 0.1) is 4.92 Å². The molecule has 0 heterocycles. The molecule has 1 amide bonds. The molecule has 0 spiro atoms. The van der Waals surface area contributed by atoms with Crippen molar-refractivity contribution < 1.29 is 9.72 Å². The minimum absolute atomic E-state index is 0.0250. The van der Waals surface area contributed by atoms with Crippen molar-refractivity contribution in [2.75, 3.05) is 5.32 Å². The highest BCUT2D eigenvalue weighted by Gasteiger charge is 2.27. The van der Waals surface area contributed by atoms with Crippen molar-refractivity contribution in [3.05, 3.63) is 33.9 Å². The van der Waals surface area contributed by atoms with Gasteiger partial charge in [0.1, 0.15) is 5.69 Å². The number of benzene rings is 1. The lowest BCUT2D eigenvalue weighted by atomic mass is 10.1. The zero-order valence-corrected chi connectivity index (χ0v) is 12.7. The van der Waals surface area contributed by atoms with E-state index in [0.29, 0.717) is 17.2 Å². The molecule has 2 atom stereocenters. The Morgan fingerprint density at radius 3 is 2.55 bits per heavy atom. The summed E-state index contributed by atoms with van der Waals surface area (Å²) in [6.45, 7) is 2.20. The fraction of sp³-hybridized carbons (Fsp3) is 0.562. The van der Waals surface area contributed by atoms with Gasteiger partial charge in [0.25, 0.3) is 11.6 Å². The van der Waals surface area contributed by atoms with Gasteiger partial charge in [-0.05, 0) is 50.2 Å². The van der Waals surface area contributed by atoms with E-state index in [-0.39, 0.29) is 23.7 Å². The van der Waals surface area contributed by atoms with Gasteiger partial charge in [0.2, 0.25) is 0 Å². The molecule has 0 saturated heterocycles. The van der Waals surface area contributed by atoms with Crippen molar-refractivity contribution in [3.8, 4) is 0 Å². The lowest BCUT2D eigenvalue weighted by Crippen LogP contribution is -2.25. The van der Waals surface area contributed by atoms with E-state index >= 15 is 0 Å². The topological polar surface area (TPSA) is 84.3 Å². The van der Waals surface area contributed by atoms with Gasteiger partial charge in [0, 0.05) is 23.7 Å². The average molecular weight is 303 g/mol. The number of rotatable bonds is 5. The van der Waals surface area contributed by atoms with Crippen LogP contribution in [0.1, 0.15) is 49.4 Å². The maximum Gasteiger partial charge on any atom is 0.293 e. The van der Waals surface area contributed by atoms with E-state index in [1.54, 1.807) is 12.1 Å². The van der Waals surface area contributed by atoms with Gasteiger partial charge in [-0.2, -0.15) is 0 Å². The summed E-state index contributed by atoms with van der Waals surface area (Å²) in [5.74, 6) is 0.423. The van der Waals surface area contributed by atoms with Crippen LogP contribution in [0.5, 0.6) is 0 Å². The van der Waals surface area contributed by atoms with Crippen molar-refractivity contribution >= 4 is 17.3 Å². The Hall–Kier alpha value is -2.11. The van der Waals surface area contributed by atoms with Gasteiger partial charge in [-0.15, -0.1) is 0 Å². The predicted molar refractivity (Wildman–Crippen MR) is 84.0 cm³/mol. The van der Waals surface area contributed by atoms with Crippen LogP contribution < -0.4 is 10.6 Å². The molecule has 1 aromatic carbocycles. The number of nitro groups is 1. The largest absolute Gasteiger partial charge is 0.377 e. The van der Waals surface area contributed by atoms with Crippen molar-refractivity contribution in [1.82, 2.24) is 5.32 Å². The molecule has 2 aliphatic carbocycles. The quantitative estimate of drug-likeness (QED) is 0.646. The van der Waals surface area contributed by atoms with Gasteiger partial charge in [-0.25, -0.2) is 0 Å². The summed E-state index contributed by atoms with van der Waals surface area (Å²) in [5.41, 5.74) is 0.832. The second kappa shape index (κ2) is 5.94. The summed E-state index contributed by atoms with van der Waals surface area (Å²) >= 11 is 0. The zero-order valence-electron chi connectivity index (χ0n) is 12.7. The Kier molecular flexibility index (Phi) is 4.00. The van der Waals surface area contributed by atoms with Crippen LogP contribution in [0.3, 0.4) is 0 Å². The van der Waals surface area contributed by atoms with E-state index in [2.05, 4.69) is 17.6 Å². The van der Waals surface area contributed by atoms with Crippen molar-refractivity contribution in [3.63, 3.8) is 0 Å². The standard InChI is InChI=1S/C16H21N3O3/c1-10-2-4-13(8-10)17-14-7-3-11(9-15(14)19(21)22)16(20)18-12-5-6-12/h3,7,9-10,12-13,17H,2,4-6,8H2,1H3,(H,18,20). The molecule has 2 N–H and O–H groups in total. The summed E-state index contributed by atoms with van der Waals surface area (Å²) in [6.07, 6.45) is 5.19. The predicted octanol–water partition coefficient (Wildman–Crippen LogP) is 3.09. The Bertz CT molecular complexity index is 598. The third kappa shape index (κ3) is 3.37. The summed E-state index contributed by atoms with van der Waals surface area (Å²) in [5, 5.41) is 17.4. The number of hydrogen-bond donors (Lipinski definition) is 2. The molecule has 22 heavy (non-hydrogen) atoms. The summed E-state index contributed by atoms with van der Waals surface area (Å²) in [7, 11) is 0. The lowest BCUT2D eigenvalue weighted by molar-refractivity contribution is -0.384. The van der Waals surface area contributed by atoms with E-state index in [0.717, 1.165) is 32.1 Å². The second-order valence-corrected chi connectivity index (χ2v) is 6.50. The minimum Gasteiger partial charge on any atom is -0.377 e. The molecule has 0 bridgehead atoms. The maximum absolute atomic E-state index is 12.0. The molecular weight excluding hydrogens is 282 g/mol. The number of anilines is 1. The SMILES string of the molecule is CC1CCC(Nc2ccc(C(=O)NC3CC3)cc2[N+](=O)[O-])C1. The van der Waals surface area contributed by atoms with E-state index < -0.39 is 4.92 Å². The normalized spacial score (nSPS) is 24.0. The van der Waals surface area contributed by atoms with Crippen molar-refractivity contribution in [1.29, 1.82) is 0 Å². The maximum atomic E-state index is 12.0. The van der Waals surface area contributed by atoms with Crippen LogP contribution in [-0.4, -0.2) is 22.9 Å². The number of carbonyl (C=O) groups is 1. The molecule has 2 unspecified atom stereocenters. The summed E-state index contributed by atoms with van der Waals surface area (Å²) < 4.78 is 0. The van der Waals surface area contributed by atoms with E-state index in [1.807, 2.05) is 0 Å². The van der Waals surface area contributed by atoms with Crippen LogP contribution in [0.15, 0.2) is 18.2 Å². The van der Waals surface area contributed by atoms with Crippen molar-refractivity contribution in [2.45, 2.75) is 51.1 Å². The van der Waals surface area contributed by atoms with Gasteiger partial charge in [0.15, 0.2) is 0 Å². The third-order valence-electron chi connectivity index (χ3n) is 4.42. The number of amides is 1. The van der Waals surface area contributed by atoms with E-state index in [1.165, 1.54) is 6.07 Å². The van der Waals surface area contributed by atoms with Gasteiger partial charge in [-0.1, -0.05) is 6.92 Å². The first-order valence-corrected chi connectivity index (χ1v) is 7.89. The Morgan fingerprint density at radius 1 is 1.23 bits per heavy atom.